The summed E-state index contributed by atoms with van der Waals surface area (Å²) in [4.78, 5) is 24.1. The number of hydrogen-bond acceptors (Lipinski definition) is 5. The standard InChI is InChI=1S/C32H36F3N3O3/c1-5-31(2,25-12-14-26(15-13-25)32(33,34)35)30(23-8-16-27(37-40)17-9-23)24-10-18-28(19-11-24)41-22-21-36-20-6-7-29(39)38(3)4/h6-19,30,36H,5,20-22H2,1-4H3/b7-6+. The summed E-state index contributed by atoms with van der Waals surface area (Å²) in [5.41, 5.74) is 1.71. The molecule has 41 heavy (non-hydrogen) atoms. The van der Waals surface area contributed by atoms with Crippen LogP contribution in [0.3, 0.4) is 0 Å². The van der Waals surface area contributed by atoms with Crippen LogP contribution < -0.4 is 10.1 Å². The molecule has 6 nitrogen and oxygen atoms in total. The van der Waals surface area contributed by atoms with Crippen molar-refractivity contribution in [2.45, 2.75) is 37.8 Å². The first-order valence-corrected chi connectivity index (χ1v) is 13.4. The molecule has 3 rings (SSSR count). The summed E-state index contributed by atoms with van der Waals surface area (Å²) < 4.78 is 45.6. The lowest BCUT2D eigenvalue weighted by atomic mass is 9.64. The van der Waals surface area contributed by atoms with E-state index in [2.05, 4.69) is 10.5 Å². The summed E-state index contributed by atoms with van der Waals surface area (Å²) in [6.07, 6.45) is -0.488. The number of hydrogen-bond donors (Lipinski definition) is 1. The average molecular weight is 568 g/mol. The number of nitroso groups, excluding NO2 is 1. The van der Waals surface area contributed by atoms with Gasteiger partial charge in [0.1, 0.15) is 18.0 Å². The quantitative estimate of drug-likeness (QED) is 0.135. The van der Waals surface area contributed by atoms with Crippen molar-refractivity contribution >= 4 is 11.6 Å². The average Bonchev–Trinajstić information content (AvgIpc) is 2.97. The van der Waals surface area contributed by atoms with Crippen molar-refractivity contribution in [2.24, 2.45) is 5.18 Å². The minimum atomic E-state index is -4.41. The first-order chi connectivity index (χ1) is 19.5. The van der Waals surface area contributed by atoms with Crippen LogP contribution in [0.25, 0.3) is 0 Å². The molecule has 0 aliphatic rings. The van der Waals surface area contributed by atoms with Gasteiger partial charge in [-0.1, -0.05) is 56.3 Å². The van der Waals surface area contributed by atoms with Crippen molar-refractivity contribution in [1.82, 2.24) is 10.2 Å². The van der Waals surface area contributed by atoms with Gasteiger partial charge in [0.25, 0.3) is 0 Å². The Morgan fingerprint density at radius 3 is 2.02 bits per heavy atom. The van der Waals surface area contributed by atoms with Crippen LogP contribution in [-0.2, 0) is 16.4 Å². The van der Waals surface area contributed by atoms with E-state index >= 15 is 0 Å². The van der Waals surface area contributed by atoms with Crippen LogP contribution >= 0.6 is 0 Å². The van der Waals surface area contributed by atoms with Crippen molar-refractivity contribution in [3.63, 3.8) is 0 Å². The highest BCUT2D eigenvalue weighted by Gasteiger charge is 2.38. The van der Waals surface area contributed by atoms with Crippen molar-refractivity contribution < 1.29 is 22.7 Å². The fraction of sp³-hybridized carbons (Fsp3) is 0.344. The SMILES string of the molecule is CCC(C)(c1ccc(C(F)(F)F)cc1)C(c1ccc(N=O)cc1)c1ccc(OCCNC/C=C/C(=O)N(C)C)cc1. The molecule has 1 amide bonds. The maximum absolute atomic E-state index is 13.3. The summed E-state index contributed by atoms with van der Waals surface area (Å²) in [6.45, 7) is 5.62. The lowest BCUT2D eigenvalue weighted by Gasteiger charge is -2.39. The highest BCUT2D eigenvalue weighted by atomic mass is 19.4. The van der Waals surface area contributed by atoms with E-state index in [1.807, 2.05) is 50.2 Å². The van der Waals surface area contributed by atoms with Crippen LogP contribution in [0.5, 0.6) is 5.75 Å². The first-order valence-electron chi connectivity index (χ1n) is 13.4. The molecule has 0 saturated heterocycles. The van der Waals surface area contributed by atoms with Crippen molar-refractivity contribution in [3.8, 4) is 5.75 Å². The minimum absolute atomic E-state index is 0.0738. The maximum atomic E-state index is 13.3. The van der Waals surface area contributed by atoms with Gasteiger partial charge in [-0.2, -0.15) is 13.2 Å². The second-order valence-corrected chi connectivity index (χ2v) is 10.2. The van der Waals surface area contributed by atoms with E-state index in [9.17, 15) is 22.9 Å². The van der Waals surface area contributed by atoms with Crippen LogP contribution in [-0.4, -0.2) is 44.6 Å². The van der Waals surface area contributed by atoms with E-state index in [0.717, 1.165) is 28.8 Å². The second-order valence-electron chi connectivity index (χ2n) is 10.2. The molecule has 9 heteroatoms. The highest BCUT2D eigenvalue weighted by Crippen LogP contribution is 2.47. The molecule has 0 aliphatic heterocycles. The lowest BCUT2D eigenvalue weighted by molar-refractivity contribution is -0.137. The van der Waals surface area contributed by atoms with Gasteiger partial charge < -0.3 is 15.0 Å². The second kappa shape index (κ2) is 14.1. The van der Waals surface area contributed by atoms with E-state index in [-0.39, 0.29) is 11.8 Å². The van der Waals surface area contributed by atoms with Crippen LogP contribution in [0.2, 0.25) is 0 Å². The van der Waals surface area contributed by atoms with Crippen LogP contribution in [0.4, 0.5) is 18.9 Å². The van der Waals surface area contributed by atoms with Gasteiger partial charge in [-0.3, -0.25) is 4.79 Å². The zero-order chi connectivity index (χ0) is 30.0. The topological polar surface area (TPSA) is 71.0 Å². The van der Waals surface area contributed by atoms with Gasteiger partial charge in [-0.25, -0.2) is 0 Å². The smallest absolute Gasteiger partial charge is 0.416 e. The van der Waals surface area contributed by atoms with Gasteiger partial charge in [-0.15, -0.1) is 4.91 Å². The number of nitrogens with one attached hydrogen (secondary N) is 1. The molecular weight excluding hydrogens is 531 g/mol. The van der Waals surface area contributed by atoms with Crippen molar-refractivity contribution in [1.29, 1.82) is 0 Å². The molecule has 218 valence electrons. The van der Waals surface area contributed by atoms with Crippen LogP contribution in [0, 0.1) is 4.91 Å². The molecule has 2 atom stereocenters. The molecule has 3 aromatic rings. The predicted octanol–water partition coefficient (Wildman–Crippen LogP) is 7.22. The van der Waals surface area contributed by atoms with Gasteiger partial charge in [-0.05, 0) is 64.7 Å². The van der Waals surface area contributed by atoms with Gasteiger partial charge in [0, 0.05) is 44.6 Å². The van der Waals surface area contributed by atoms with Gasteiger partial charge in [0.15, 0.2) is 0 Å². The Morgan fingerprint density at radius 2 is 1.51 bits per heavy atom. The summed E-state index contributed by atoms with van der Waals surface area (Å²) in [5, 5.41) is 6.18. The molecule has 0 heterocycles. The Kier molecular flexibility index (Phi) is 10.8. The molecule has 2 unspecified atom stereocenters. The van der Waals surface area contributed by atoms with E-state index in [0.29, 0.717) is 37.6 Å². The third kappa shape index (κ3) is 8.27. The molecule has 0 aromatic heterocycles. The third-order valence-corrected chi connectivity index (χ3v) is 7.30. The number of amides is 1. The maximum Gasteiger partial charge on any atom is 0.416 e. The summed E-state index contributed by atoms with van der Waals surface area (Å²) in [6, 6.07) is 20.0. The van der Waals surface area contributed by atoms with Crippen molar-refractivity contribution in [3.05, 3.63) is 112 Å². The normalized spacial score (nSPS) is 13.9. The number of halogens is 3. The van der Waals surface area contributed by atoms with Crippen molar-refractivity contribution in [2.75, 3.05) is 33.8 Å². The predicted molar refractivity (Wildman–Crippen MR) is 155 cm³/mol. The van der Waals surface area contributed by atoms with Gasteiger partial charge >= 0.3 is 6.18 Å². The monoisotopic (exact) mass is 567 g/mol. The number of likely N-dealkylation sites (N-methyl/N-ethyl adjacent to an activating group) is 1. The molecule has 0 saturated carbocycles. The van der Waals surface area contributed by atoms with E-state index in [1.165, 1.54) is 11.0 Å². The number of carbonyl (C=O) groups excluding carboxylic acids is 1. The summed E-state index contributed by atoms with van der Waals surface area (Å²) in [5.74, 6) is 0.383. The Bertz CT molecular complexity index is 1310. The Morgan fingerprint density at radius 1 is 0.951 bits per heavy atom. The Labute approximate surface area is 239 Å². The molecule has 0 fully saturated rings. The van der Waals surface area contributed by atoms with Crippen LogP contribution in [0.15, 0.2) is 90.1 Å². The highest BCUT2D eigenvalue weighted by molar-refractivity contribution is 5.87. The third-order valence-electron chi connectivity index (χ3n) is 7.30. The van der Waals surface area contributed by atoms with Crippen LogP contribution in [0.1, 0.15) is 48.4 Å². The minimum Gasteiger partial charge on any atom is -0.492 e. The molecular formula is C32H36F3N3O3. The number of rotatable bonds is 13. The number of carbonyl (C=O) groups is 1. The number of benzene rings is 3. The molecule has 0 radical (unpaired) electrons. The van der Waals surface area contributed by atoms with E-state index in [1.54, 1.807) is 44.4 Å². The zero-order valence-electron chi connectivity index (χ0n) is 23.7. The van der Waals surface area contributed by atoms with E-state index in [4.69, 9.17) is 4.74 Å². The largest absolute Gasteiger partial charge is 0.492 e. The Hall–Kier alpha value is -3.98. The molecule has 3 aromatic carbocycles. The molecule has 0 aliphatic carbocycles. The van der Waals surface area contributed by atoms with E-state index < -0.39 is 17.2 Å². The fourth-order valence-corrected chi connectivity index (χ4v) is 4.76. The molecule has 0 spiro atoms. The molecule has 1 N–H and O–H groups in total. The summed E-state index contributed by atoms with van der Waals surface area (Å²) in [7, 11) is 3.39. The Balaban J connectivity index is 1.80. The van der Waals surface area contributed by atoms with Gasteiger partial charge in [0.05, 0.1) is 5.56 Å². The lowest BCUT2D eigenvalue weighted by Crippen LogP contribution is -2.31. The molecule has 0 bridgehead atoms. The fourth-order valence-electron chi connectivity index (χ4n) is 4.76. The number of alkyl halides is 3. The number of ether oxygens (including phenoxy) is 1. The summed E-state index contributed by atoms with van der Waals surface area (Å²) >= 11 is 0. The van der Waals surface area contributed by atoms with Gasteiger partial charge in [0.2, 0.25) is 5.91 Å². The zero-order valence-corrected chi connectivity index (χ0v) is 23.7. The first kappa shape index (κ1) is 31.5. The number of nitrogens with zero attached hydrogens (tertiary/aromatic N) is 2.